The van der Waals surface area contributed by atoms with Crippen molar-refractivity contribution in [2.45, 2.75) is 52.0 Å². The van der Waals surface area contributed by atoms with Crippen molar-refractivity contribution in [2.75, 3.05) is 18.4 Å². The van der Waals surface area contributed by atoms with Gasteiger partial charge < -0.3 is 16.0 Å². The van der Waals surface area contributed by atoms with Crippen molar-refractivity contribution in [3.8, 4) is 0 Å². The van der Waals surface area contributed by atoms with Crippen LogP contribution in [0, 0.1) is 0 Å². The van der Waals surface area contributed by atoms with Gasteiger partial charge in [0.25, 0.3) is 5.91 Å². The SMILES string of the molecule is CC(C)NC(=O)c1cccc(NCC(=O)NCCC2=CCCCC2)c1. The molecule has 2 amide bonds. The Labute approximate surface area is 150 Å². The molecule has 0 heterocycles. The number of hydrogen-bond acceptors (Lipinski definition) is 3. The molecule has 0 saturated carbocycles. The molecule has 5 heteroatoms. The van der Waals surface area contributed by atoms with Crippen LogP contribution in [-0.2, 0) is 4.79 Å². The van der Waals surface area contributed by atoms with Crippen molar-refractivity contribution < 1.29 is 9.59 Å². The topological polar surface area (TPSA) is 70.2 Å². The van der Waals surface area contributed by atoms with Crippen molar-refractivity contribution in [3.05, 3.63) is 41.5 Å². The van der Waals surface area contributed by atoms with E-state index in [0.29, 0.717) is 12.1 Å². The molecular weight excluding hydrogens is 314 g/mol. The number of allylic oxidation sites excluding steroid dienone is 1. The Balaban J connectivity index is 1.73. The number of carbonyl (C=O) groups excluding carboxylic acids is 2. The molecule has 0 aromatic heterocycles. The molecule has 2 rings (SSSR count). The van der Waals surface area contributed by atoms with E-state index in [9.17, 15) is 9.59 Å². The summed E-state index contributed by atoms with van der Waals surface area (Å²) in [6, 6.07) is 7.28. The van der Waals surface area contributed by atoms with Crippen molar-refractivity contribution >= 4 is 17.5 Å². The molecule has 3 N–H and O–H groups in total. The number of rotatable bonds is 8. The van der Waals surface area contributed by atoms with Crippen LogP contribution in [0.4, 0.5) is 5.69 Å². The fourth-order valence-electron chi connectivity index (χ4n) is 2.85. The third kappa shape index (κ3) is 6.99. The summed E-state index contributed by atoms with van der Waals surface area (Å²) in [4.78, 5) is 24.0. The lowest BCUT2D eigenvalue weighted by molar-refractivity contribution is -0.119. The third-order valence-corrected chi connectivity index (χ3v) is 4.15. The molecule has 25 heavy (non-hydrogen) atoms. The average molecular weight is 343 g/mol. The van der Waals surface area contributed by atoms with Crippen LogP contribution >= 0.6 is 0 Å². The summed E-state index contributed by atoms with van der Waals surface area (Å²) in [6.07, 6.45) is 8.14. The summed E-state index contributed by atoms with van der Waals surface area (Å²) < 4.78 is 0. The first kappa shape index (κ1) is 19.0. The lowest BCUT2D eigenvalue weighted by Crippen LogP contribution is -2.31. The summed E-state index contributed by atoms with van der Waals surface area (Å²) in [5.41, 5.74) is 2.81. The zero-order valence-corrected chi connectivity index (χ0v) is 15.2. The first-order valence-corrected chi connectivity index (χ1v) is 9.14. The number of benzene rings is 1. The average Bonchev–Trinajstić information content (AvgIpc) is 2.60. The predicted molar refractivity (Wildman–Crippen MR) is 102 cm³/mol. The normalized spacial score (nSPS) is 14.0. The van der Waals surface area contributed by atoms with E-state index in [1.54, 1.807) is 12.1 Å². The van der Waals surface area contributed by atoms with E-state index in [-0.39, 0.29) is 24.4 Å². The van der Waals surface area contributed by atoms with Gasteiger partial charge in [0.15, 0.2) is 0 Å². The zero-order valence-electron chi connectivity index (χ0n) is 15.2. The molecule has 0 atom stereocenters. The fraction of sp³-hybridized carbons (Fsp3) is 0.500. The first-order valence-electron chi connectivity index (χ1n) is 9.14. The summed E-state index contributed by atoms with van der Waals surface area (Å²) in [7, 11) is 0. The van der Waals surface area contributed by atoms with Gasteiger partial charge in [0.1, 0.15) is 0 Å². The molecule has 0 saturated heterocycles. The smallest absolute Gasteiger partial charge is 0.251 e. The van der Waals surface area contributed by atoms with Gasteiger partial charge >= 0.3 is 0 Å². The van der Waals surface area contributed by atoms with Crippen LogP contribution in [-0.4, -0.2) is 30.9 Å². The highest BCUT2D eigenvalue weighted by molar-refractivity contribution is 5.95. The maximum atomic E-state index is 12.0. The van der Waals surface area contributed by atoms with E-state index in [1.165, 1.54) is 31.3 Å². The Morgan fingerprint density at radius 1 is 1.20 bits per heavy atom. The molecule has 5 nitrogen and oxygen atoms in total. The molecule has 1 aliphatic rings. The van der Waals surface area contributed by atoms with Gasteiger partial charge in [-0.05, 0) is 64.2 Å². The van der Waals surface area contributed by atoms with Gasteiger partial charge in [0, 0.05) is 23.8 Å². The number of anilines is 1. The minimum Gasteiger partial charge on any atom is -0.376 e. The Morgan fingerprint density at radius 2 is 2.04 bits per heavy atom. The van der Waals surface area contributed by atoms with Crippen LogP contribution in [0.1, 0.15) is 56.3 Å². The maximum absolute atomic E-state index is 12.0. The van der Waals surface area contributed by atoms with Gasteiger partial charge in [-0.25, -0.2) is 0 Å². The van der Waals surface area contributed by atoms with Gasteiger partial charge in [0.2, 0.25) is 5.91 Å². The second-order valence-electron chi connectivity index (χ2n) is 6.77. The minimum absolute atomic E-state index is 0.0338. The molecule has 1 aromatic rings. The Kier molecular flexibility index (Phi) is 7.51. The van der Waals surface area contributed by atoms with Gasteiger partial charge in [-0.3, -0.25) is 9.59 Å². The van der Waals surface area contributed by atoms with E-state index < -0.39 is 0 Å². The standard InChI is InChI=1S/C20H29N3O2/c1-15(2)23-20(25)17-9-6-10-18(13-17)22-14-19(24)21-12-11-16-7-4-3-5-8-16/h6-7,9-10,13,15,22H,3-5,8,11-12,14H2,1-2H3,(H,21,24)(H,23,25). The third-order valence-electron chi connectivity index (χ3n) is 4.15. The van der Waals surface area contributed by atoms with Crippen molar-refractivity contribution in [1.29, 1.82) is 0 Å². The fourth-order valence-corrected chi connectivity index (χ4v) is 2.85. The minimum atomic E-state index is -0.108. The quantitative estimate of drug-likeness (QED) is 0.635. The van der Waals surface area contributed by atoms with Crippen LogP contribution in [0.3, 0.4) is 0 Å². The van der Waals surface area contributed by atoms with E-state index in [4.69, 9.17) is 0 Å². The number of nitrogens with one attached hydrogen (secondary N) is 3. The molecule has 0 fully saturated rings. The zero-order chi connectivity index (χ0) is 18.1. The van der Waals surface area contributed by atoms with Crippen molar-refractivity contribution in [1.82, 2.24) is 10.6 Å². The summed E-state index contributed by atoms with van der Waals surface area (Å²) in [5, 5.41) is 8.88. The summed E-state index contributed by atoms with van der Waals surface area (Å²) >= 11 is 0. The van der Waals surface area contributed by atoms with E-state index in [1.807, 2.05) is 26.0 Å². The van der Waals surface area contributed by atoms with Gasteiger partial charge in [0.05, 0.1) is 6.54 Å². The second-order valence-corrected chi connectivity index (χ2v) is 6.77. The van der Waals surface area contributed by atoms with Crippen molar-refractivity contribution in [2.24, 2.45) is 0 Å². The van der Waals surface area contributed by atoms with Crippen LogP contribution in [0.15, 0.2) is 35.9 Å². The van der Waals surface area contributed by atoms with Crippen LogP contribution in [0.2, 0.25) is 0 Å². The van der Waals surface area contributed by atoms with Crippen LogP contribution < -0.4 is 16.0 Å². The lowest BCUT2D eigenvalue weighted by atomic mass is 9.97. The van der Waals surface area contributed by atoms with E-state index in [2.05, 4.69) is 22.0 Å². The predicted octanol–water partition coefficient (Wildman–Crippen LogP) is 3.24. The molecule has 136 valence electrons. The second kappa shape index (κ2) is 9.87. The van der Waals surface area contributed by atoms with E-state index >= 15 is 0 Å². The summed E-state index contributed by atoms with van der Waals surface area (Å²) in [6.45, 7) is 4.74. The van der Waals surface area contributed by atoms with Crippen LogP contribution in [0.25, 0.3) is 0 Å². The summed E-state index contributed by atoms with van der Waals surface area (Å²) in [5.74, 6) is -0.141. The molecule has 0 unspecified atom stereocenters. The van der Waals surface area contributed by atoms with Gasteiger partial charge in [-0.15, -0.1) is 0 Å². The highest BCUT2D eigenvalue weighted by atomic mass is 16.2. The lowest BCUT2D eigenvalue weighted by Gasteiger charge is -2.13. The Hall–Kier alpha value is -2.30. The van der Waals surface area contributed by atoms with Gasteiger partial charge in [-0.1, -0.05) is 17.7 Å². The molecule has 1 aliphatic carbocycles. The maximum Gasteiger partial charge on any atom is 0.251 e. The number of hydrogen-bond donors (Lipinski definition) is 3. The first-order chi connectivity index (χ1) is 12.0. The molecule has 1 aromatic carbocycles. The van der Waals surface area contributed by atoms with Crippen molar-refractivity contribution in [3.63, 3.8) is 0 Å². The molecule has 0 radical (unpaired) electrons. The number of amides is 2. The molecule has 0 spiro atoms. The monoisotopic (exact) mass is 343 g/mol. The largest absolute Gasteiger partial charge is 0.376 e. The van der Waals surface area contributed by atoms with Gasteiger partial charge in [-0.2, -0.15) is 0 Å². The Morgan fingerprint density at radius 3 is 2.76 bits per heavy atom. The molecule has 0 aliphatic heterocycles. The number of carbonyl (C=O) groups is 2. The van der Waals surface area contributed by atoms with Crippen LogP contribution in [0.5, 0.6) is 0 Å². The Bertz CT molecular complexity index is 623. The highest BCUT2D eigenvalue weighted by Crippen LogP contribution is 2.19. The van der Waals surface area contributed by atoms with E-state index in [0.717, 1.165) is 12.1 Å². The highest BCUT2D eigenvalue weighted by Gasteiger charge is 2.08. The molecule has 0 bridgehead atoms. The molecular formula is C20H29N3O2.